The number of aromatic nitrogens is 1. The van der Waals surface area contributed by atoms with Crippen molar-refractivity contribution in [2.24, 2.45) is 0 Å². The monoisotopic (exact) mass is 365 g/mol. The van der Waals surface area contributed by atoms with Crippen molar-refractivity contribution in [3.05, 3.63) is 45.7 Å². The average molecular weight is 365 g/mol. The highest BCUT2D eigenvalue weighted by Gasteiger charge is 2.18. The molecule has 0 aliphatic heterocycles. The van der Waals surface area contributed by atoms with Crippen LogP contribution in [0.4, 0.5) is 9.18 Å². The van der Waals surface area contributed by atoms with E-state index in [1.165, 1.54) is 29.4 Å². The molecule has 7 heteroatoms. The molecule has 1 aromatic heterocycles. The molecule has 0 aliphatic carbocycles. The zero-order valence-corrected chi connectivity index (χ0v) is 16.0. The van der Waals surface area contributed by atoms with Gasteiger partial charge in [0, 0.05) is 24.4 Å². The van der Waals surface area contributed by atoms with E-state index in [1.54, 1.807) is 19.2 Å². The Bertz CT molecular complexity index is 740. The van der Waals surface area contributed by atoms with Crippen molar-refractivity contribution in [3.8, 4) is 5.75 Å². The minimum absolute atomic E-state index is 0.00596. The third-order valence-corrected chi connectivity index (χ3v) is 4.54. The van der Waals surface area contributed by atoms with Gasteiger partial charge in [-0.05, 0) is 17.7 Å². The van der Waals surface area contributed by atoms with Gasteiger partial charge in [0.05, 0.1) is 19.3 Å². The predicted molar refractivity (Wildman–Crippen MR) is 97.5 cm³/mol. The molecule has 2 aromatic rings. The van der Waals surface area contributed by atoms with E-state index < -0.39 is 5.82 Å². The molecule has 0 spiro atoms. The lowest BCUT2D eigenvalue weighted by molar-refractivity contribution is 0.206. The van der Waals surface area contributed by atoms with E-state index in [2.05, 4.69) is 31.1 Å². The minimum Gasteiger partial charge on any atom is -0.494 e. The normalized spacial score (nSPS) is 11.3. The first kappa shape index (κ1) is 19.2. The van der Waals surface area contributed by atoms with Crippen LogP contribution in [0, 0.1) is 5.82 Å². The molecule has 1 heterocycles. The molecule has 136 valence electrons. The van der Waals surface area contributed by atoms with Crippen molar-refractivity contribution in [3.63, 3.8) is 0 Å². The standard InChI is InChI=1S/C18H24FN3O2S/c1-18(2,3)15-11-25-16(21-15)9-20-17(23)22(4)10-12-6-7-14(24-5)13(19)8-12/h6-8,11H,9-10H2,1-5H3,(H,20,23). The number of methoxy groups -OCH3 is 1. The number of urea groups is 1. The molecular weight excluding hydrogens is 341 g/mol. The quantitative estimate of drug-likeness (QED) is 0.873. The summed E-state index contributed by atoms with van der Waals surface area (Å²) in [6.45, 7) is 6.99. The maximum atomic E-state index is 13.7. The van der Waals surface area contributed by atoms with E-state index in [4.69, 9.17) is 4.74 Å². The smallest absolute Gasteiger partial charge is 0.317 e. The van der Waals surface area contributed by atoms with Gasteiger partial charge in [-0.3, -0.25) is 0 Å². The number of hydrogen-bond donors (Lipinski definition) is 1. The molecule has 0 saturated carbocycles. The minimum atomic E-state index is -0.439. The topological polar surface area (TPSA) is 54.5 Å². The maximum absolute atomic E-state index is 13.7. The van der Waals surface area contributed by atoms with Gasteiger partial charge in [0.15, 0.2) is 11.6 Å². The fraction of sp³-hybridized carbons (Fsp3) is 0.444. The Hall–Kier alpha value is -2.15. The number of nitrogens with zero attached hydrogens (tertiary/aromatic N) is 2. The molecular formula is C18H24FN3O2S. The summed E-state index contributed by atoms with van der Waals surface area (Å²) in [5.74, 6) is -0.249. The van der Waals surface area contributed by atoms with Crippen LogP contribution in [0.1, 0.15) is 37.0 Å². The van der Waals surface area contributed by atoms with Gasteiger partial charge < -0.3 is 15.0 Å². The molecule has 0 saturated heterocycles. The zero-order valence-electron chi connectivity index (χ0n) is 15.2. The summed E-state index contributed by atoms with van der Waals surface area (Å²) in [7, 11) is 3.08. The van der Waals surface area contributed by atoms with E-state index in [0.29, 0.717) is 18.7 Å². The van der Waals surface area contributed by atoms with E-state index in [0.717, 1.165) is 10.7 Å². The average Bonchev–Trinajstić information content (AvgIpc) is 3.02. The van der Waals surface area contributed by atoms with Crippen molar-refractivity contribution in [1.82, 2.24) is 15.2 Å². The second-order valence-electron chi connectivity index (χ2n) is 6.86. The number of benzene rings is 1. The number of rotatable bonds is 5. The van der Waals surface area contributed by atoms with Gasteiger partial charge in [0.1, 0.15) is 5.01 Å². The van der Waals surface area contributed by atoms with E-state index in [9.17, 15) is 9.18 Å². The molecule has 25 heavy (non-hydrogen) atoms. The number of carbonyl (C=O) groups is 1. The fourth-order valence-corrected chi connectivity index (χ4v) is 3.14. The number of nitrogens with one attached hydrogen (secondary N) is 1. The molecule has 0 unspecified atom stereocenters. The van der Waals surface area contributed by atoms with Crippen LogP contribution in [-0.4, -0.2) is 30.1 Å². The maximum Gasteiger partial charge on any atom is 0.317 e. The number of carbonyl (C=O) groups excluding carboxylic acids is 1. The van der Waals surface area contributed by atoms with Crippen molar-refractivity contribution in [2.45, 2.75) is 39.3 Å². The van der Waals surface area contributed by atoms with Gasteiger partial charge >= 0.3 is 6.03 Å². The van der Waals surface area contributed by atoms with Crippen molar-refractivity contribution < 1.29 is 13.9 Å². The Labute approximate surface area is 151 Å². The Morgan fingerprint density at radius 3 is 2.68 bits per heavy atom. The van der Waals surface area contributed by atoms with Gasteiger partial charge in [-0.25, -0.2) is 14.2 Å². The Kier molecular flexibility index (Phi) is 6.00. The third-order valence-electron chi connectivity index (χ3n) is 3.69. The lowest BCUT2D eigenvalue weighted by atomic mass is 9.93. The molecule has 0 aliphatic rings. The summed E-state index contributed by atoms with van der Waals surface area (Å²) in [6, 6.07) is 4.44. The Morgan fingerprint density at radius 1 is 1.40 bits per heavy atom. The van der Waals surface area contributed by atoms with Crippen LogP contribution in [0.15, 0.2) is 23.6 Å². The van der Waals surface area contributed by atoms with Crippen molar-refractivity contribution in [1.29, 1.82) is 0 Å². The van der Waals surface area contributed by atoms with Crippen molar-refractivity contribution >= 4 is 17.4 Å². The van der Waals surface area contributed by atoms with Gasteiger partial charge in [0.25, 0.3) is 0 Å². The summed E-state index contributed by atoms with van der Waals surface area (Å²) in [5, 5.41) is 5.72. The van der Waals surface area contributed by atoms with Crippen molar-refractivity contribution in [2.75, 3.05) is 14.2 Å². The summed E-state index contributed by atoms with van der Waals surface area (Å²) in [6.07, 6.45) is 0. The third kappa shape index (κ3) is 5.16. The number of hydrogen-bond acceptors (Lipinski definition) is 4. The van der Waals surface area contributed by atoms with Crippen LogP contribution in [0.3, 0.4) is 0 Å². The first-order valence-corrected chi connectivity index (χ1v) is 8.85. The van der Waals surface area contributed by atoms with Crippen LogP contribution in [0.5, 0.6) is 5.75 Å². The number of amides is 2. The second kappa shape index (κ2) is 7.82. The summed E-state index contributed by atoms with van der Waals surface area (Å²) >= 11 is 1.53. The number of ether oxygens (including phenoxy) is 1. The fourth-order valence-electron chi connectivity index (χ4n) is 2.18. The molecule has 0 bridgehead atoms. The van der Waals surface area contributed by atoms with Gasteiger partial charge in [-0.1, -0.05) is 26.8 Å². The molecule has 0 atom stereocenters. The highest BCUT2D eigenvalue weighted by molar-refractivity contribution is 7.09. The molecule has 2 amide bonds. The van der Waals surface area contributed by atoms with Gasteiger partial charge in [-0.15, -0.1) is 11.3 Å². The zero-order chi connectivity index (χ0) is 18.6. The van der Waals surface area contributed by atoms with E-state index in [1.807, 2.05) is 5.38 Å². The van der Waals surface area contributed by atoms with Gasteiger partial charge in [0.2, 0.25) is 0 Å². The van der Waals surface area contributed by atoms with Crippen LogP contribution >= 0.6 is 11.3 Å². The first-order chi connectivity index (χ1) is 11.7. The van der Waals surface area contributed by atoms with E-state index in [-0.39, 0.29) is 17.2 Å². The molecule has 0 radical (unpaired) electrons. The first-order valence-electron chi connectivity index (χ1n) is 7.97. The lowest BCUT2D eigenvalue weighted by Crippen LogP contribution is -2.36. The number of thiazole rings is 1. The molecule has 1 N–H and O–H groups in total. The molecule has 5 nitrogen and oxygen atoms in total. The predicted octanol–water partition coefficient (Wildman–Crippen LogP) is 3.93. The summed E-state index contributed by atoms with van der Waals surface area (Å²) in [4.78, 5) is 18.3. The molecule has 0 fully saturated rings. The highest BCUT2D eigenvalue weighted by Crippen LogP contribution is 2.23. The summed E-state index contributed by atoms with van der Waals surface area (Å²) in [5.41, 5.74) is 1.71. The van der Waals surface area contributed by atoms with Crippen LogP contribution in [0.25, 0.3) is 0 Å². The Morgan fingerprint density at radius 2 is 2.12 bits per heavy atom. The summed E-state index contributed by atoms with van der Waals surface area (Å²) < 4.78 is 18.6. The van der Waals surface area contributed by atoms with Crippen LogP contribution in [0.2, 0.25) is 0 Å². The second-order valence-corrected chi connectivity index (χ2v) is 7.80. The lowest BCUT2D eigenvalue weighted by Gasteiger charge is -2.18. The molecule has 2 rings (SSSR count). The molecule has 1 aromatic carbocycles. The van der Waals surface area contributed by atoms with Gasteiger partial charge in [-0.2, -0.15) is 0 Å². The Balaban J connectivity index is 1.90. The highest BCUT2D eigenvalue weighted by atomic mass is 32.1. The van der Waals surface area contributed by atoms with Crippen LogP contribution < -0.4 is 10.1 Å². The SMILES string of the molecule is COc1ccc(CN(C)C(=O)NCc2nc(C(C)(C)C)cs2)cc1F. The number of halogens is 1. The largest absolute Gasteiger partial charge is 0.494 e. The van der Waals surface area contributed by atoms with E-state index >= 15 is 0 Å². The van der Waals surface area contributed by atoms with Crippen LogP contribution in [-0.2, 0) is 18.5 Å².